The van der Waals surface area contributed by atoms with Crippen molar-refractivity contribution in [2.45, 2.75) is 96.9 Å². The van der Waals surface area contributed by atoms with E-state index >= 15 is 0 Å². The molecule has 0 spiro atoms. The smallest absolute Gasteiger partial charge is 0.147 e. The van der Waals surface area contributed by atoms with Gasteiger partial charge in [0.25, 0.3) is 13.4 Å². The largest absolute Gasteiger partial charge is 0.255 e. The quantitative estimate of drug-likeness (QED) is 0.150. The molecule has 0 radical (unpaired) electrons. The molecular weight excluding hydrogens is 670 g/mol. The first-order valence-electron chi connectivity index (χ1n) is 18.3. The number of rotatable bonds is 6. The fourth-order valence-corrected chi connectivity index (χ4v) is 14.3. The molecule has 0 amide bonds. The average Bonchev–Trinajstić information content (AvgIpc) is 3.62. The molecule has 7 aromatic rings. The Balaban J connectivity index is 1.51. The number of benzene rings is 4. The first kappa shape index (κ1) is 36.0. The molecule has 51 heavy (non-hydrogen) atoms. The third-order valence-corrected chi connectivity index (χ3v) is 15.9. The van der Waals surface area contributed by atoms with Crippen LogP contribution in [-0.4, -0.2) is 13.4 Å². The minimum Gasteiger partial charge on any atom is -0.147 e. The SMILES string of the molecule is Cc1cc(C)c(B(c2sc3c(sc4c(C)c(B(c5c(C)cc(C)cc5C)c5c(C)cc(C)cc5C)sc43)c2C)c2c(C)cc(C)cc2C)c(C)c1. The Morgan fingerprint density at radius 3 is 0.725 bits per heavy atom. The van der Waals surface area contributed by atoms with Gasteiger partial charge in [0.2, 0.25) is 0 Å². The highest BCUT2D eigenvalue weighted by Gasteiger charge is 2.35. The zero-order valence-corrected chi connectivity index (χ0v) is 35.4. The molecule has 0 saturated carbocycles. The van der Waals surface area contributed by atoms with Crippen molar-refractivity contribution in [3.8, 4) is 0 Å². The van der Waals surface area contributed by atoms with Gasteiger partial charge in [-0.05, 0) is 118 Å². The molecule has 0 saturated heterocycles. The molecule has 0 aliphatic carbocycles. The molecule has 3 aromatic heterocycles. The predicted octanol–water partition coefficient (Wildman–Crippen LogP) is 9.53. The number of aryl methyl sites for hydroxylation is 14. The molecule has 3 heterocycles. The molecule has 0 aliphatic rings. The standard InChI is InChI=1S/C46H50B2S3/c1-23-15-27(5)37(28(6)16-23)47(38-29(7)17-24(2)18-30(38)8)45-35(13)41-43(50-45)44-42(49-41)36(14)46(51-44)48(39-31(9)19-25(3)20-32(39)10)40-33(11)21-26(4)22-34(40)12/h15-22H,1-14H3. The Bertz CT molecular complexity index is 2150. The highest BCUT2D eigenvalue weighted by molar-refractivity contribution is 7.45. The van der Waals surface area contributed by atoms with E-state index in [1.807, 2.05) is 11.3 Å². The molecule has 0 fully saturated rings. The Labute approximate surface area is 319 Å². The summed E-state index contributed by atoms with van der Waals surface area (Å²) in [6.07, 6.45) is 0. The molecule has 0 aliphatic heterocycles. The molecule has 0 bridgehead atoms. The van der Waals surface area contributed by atoms with Crippen LogP contribution in [0.25, 0.3) is 18.8 Å². The summed E-state index contributed by atoms with van der Waals surface area (Å²) < 4.78 is 8.91. The zero-order chi connectivity index (χ0) is 36.8. The lowest BCUT2D eigenvalue weighted by Crippen LogP contribution is -2.55. The minimum atomic E-state index is 0.204. The summed E-state index contributed by atoms with van der Waals surface area (Å²) >= 11 is 6.16. The van der Waals surface area contributed by atoms with Crippen molar-refractivity contribution in [1.29, 1.82) is 0 Å². The van der Waals surface area contributed by atoms with Crippen molar-refractivity contribution in [2.24, 2.45) is 0 Å². The van der Waals surface area contributed by atoms with E-state index in [9.17, 15) is 0 Å². The van der Waals surface area contributed by atoms with Crippen molar-refractivity contribution in [1.82, 2.24) is 0 Å². The summed E-state index contributed by atoms with van der Waals surface area (Å²) in [5.41, 5.74) is 25.3. The minimum absolute atomic E-state index is 0.204. The van der Waals surface area contributed by atoms with E-state index in [2.05, 4.69) is 168 Å². The monoisotopic (exact) mass is 720 g/mol. The van der Waals surface area contributed by atoms with Gasteiger partial charge in [0.05, 0.1) is 9.40 Å². The van der Waals surface area contributed by atoms with Gasteiger partial charge >= 0.3 is 0 Å². The molecule has 4 aromatic carbocycles. The van der Waals surface area contributed by atoms with E-state index in [1.54, 1.807) is 0 Å². The van der Waals surface area contributed by atoms with E-state index in [-0.39, 0.29) is 13.4 Å². The van der Waals surface area contributed by atoms with Crippen molar-refractivity contribution in [3.63, 3.8) is 0 Å². The topological polar surface area (TPSA) is 0 Å². The highest BCUT2D eigenvalue weighted by atomic mass is 32.1. The zero-order valence-electron chi connectivity index (χ0n) is 33.0. The van der Waals surface area contributed by atoms with Gasteiger partial charge < -0.3 is 0 Å². The van der Waals surface area contributed by atoms with E-state index < -0.39 is 0 Å². The van der Waals surface area contributed by atoms with Crippen LogP contribution in [0.2, 0.25) is 0 Å². The summed E-state index contributed by atoms with van der Waals surface area (Å²) in [5, 5.41) is 0. The van der Waals surface area contributed by atoms with E-state index in [1.165, 1.54) is 128 Å². The number of thiophene rings is 3. The van der Waals surface area contributed by atoms with Gasteiger partial charge in [-0.3, -0.25) is 0 Å². The van der Waals surface area contributed by atoms with Crippen molar-refractivity contribution in [3.05, 3.63) is 126 Å². The molecule has 7 rings (SSSR count). The Hall–Kier alpha value is -3.37. The van der Waals surface area contributed by atoms with Crippen LogP contribution >= 0.6 is 34.0 Å². The van der Waals surface area contributed by atoms with E-state index in [0.29, 0.717) is 0 Å². The van der Waals surface area contributed by atoms with Crippen molar-refractivity contribution in [2.75, 3.05) is 0 Å². The van der Waals surface area contributed by atoms with Crippen LogP contribution in [0.5, 0.6) is 0 Å². The lowest BCUT2D eigenvalue weighted by molar-refractivity contribution is 1.34. The van der Waals surface area contributed by atoms with Gasteiger partial charge in [0.1, 0.15) is 0 Å². The van der Waals surface area contributed by atoms with Crippen LogP contribution in [0.15, 0.2) is 48.5 Å². The predicted molar refractivity (Wildman–Crippen MR) is 236 cm³/mol. The van der Waals surface area contributed by atoms with Gasteiger partial charge in [0.15, 0.2) is 0 Å². The summed E-state index contributed by atoms with van der Waals surface area (Å²) in [7, 11) is 0. The first-order chi connectivity index (χ1) is 24.1. The molecular formula is C46H50B2S3. The maximum absolute atomic E-state index is 2.40. The first-order valence-corrected chi connectivity index (χ1v) is 20.8. The Morgan fingerprint density at radius 2 is 0.510 bits per heavy atom. The second kappa shape index (κ2) is 13.2. The highest BCUT2D eigenvalue weighted by Crippen LogP contribution is 2.43. The van der Waals surface area contributed by atoms with Crippen molar-refractivity contribution >= 4 is 97.6 Å². The van der Waals surface area contributed by atoms with Crippen LogP contribution in [-0.2, 0) is 0 Å². The van der Waals surface area contributed by atoms with Gasteiger partial charge in [-0.15, -0.1) is 34.0 Å². The maximum Gasteiger partial charge on any atom is 0.255 e. The van der Waals surface area contributed by atoms with Crippen LogP contribution < -0.4 is 31.4 Å². The van der Waals surface area contributed by atoms with Crippen LogP contribution in [0, 0.1) is 96.9 Å². The normalized spacial score (nSPS) is 11.7. The molecule has 0 N–H and O–H groups in total. The van der Waals surface area contributed by atoms with Gasteiger partial charge in [-0.1, -0.05) is 137 Å². The number of fused-ring (bicyclic) bond motifs is 3. The lowest BCUT2D eigenvalue weighted by atomic mass is 9.36. The third kappa shape index (κ3) is 5.98. The van der Waals surface area contributed by atoms with E-state index in [0.717, 1.165) is 0 Å². The summed E-state index contributed by atoms with van der Waals surface area (Å²) in [6, 6.07) is 19.1. The Kier molecular flexibility index (Phi) is 9.35. The van der Waals surface area contributed by atoms with E-state index in [4.69, 9.17) is 0 Å². The van der Waals surface area contributed by atoms with Gasteiger partial charge in [0, 0.05) is 9.40 Å². The van der Waals surface area contributed by atoms with Crippen LogP contribution in [0.1, 0.15) is 77.9 Å². The molecule has 0 nitrogen and oxygen atoms in total. The molecule has 258 valence electrons. The fourth-order valence-electron chi connectivity index (χ4n) is 9.63. The summed E-state index contributed by atoms with van der Waals surface area (Å²) in [6.45, 7) is 32.7. The molecule has 5 heteroatoms. The lowest BCUT2D eigenvalue weighted by Gasteiger charge is -2.24. The third-order valence-electron chi connectivity index (χ3n) is 11.3. The number of hydrogen-bond donors (Lipinski definition) is 0. The summed E-state index contributed by atoms with van der Waals surface area (Å²) in [4.78, 5) is 0. The second-order valence-electron chi connectivity index (χ2n) is 15.7. The van der Waals surface area contributed by atoms with Crippen LogP contribution in [0.4, 0.5) is 0 Å². The molecule has 0 unspecified atom stereocenters. The Morgan fingerprint density at radius 1 is 0.294 bits per heavy atom. The maximum atomic E-state index is 2.40. The fraction of sp³-hybridized carbons (Fsp3) is 0.304. The van der Waals surface area contributed by atoms with Gasteiger partial charge in [-0.25, -0.2) is 0 Å². The molecule has 0 atom stereocenters. The van der Waals surface area contributed by atoms with Crippen LogP contribution in [0.3, 0.4) is 0 Å². The number of hydrogen-bond acceptors (Lipinski definition) is 3. The van der Waals surface area contributed by atoms with Gasteiger partial charge in [-0.2, -0.15) is 0 Å². The average molecular weight is 721 g/mol. The summed E-state index contributed by atoms with van der Waals surface area (Å²) in [5.74, 6) is 0. The second-order valence-corrected chi connectivity index (χ2v) is 18.8. The van der Waals surface area contributed by atoms with Crippen molar-refractivity contribution < 1.29 is 0 Å².